The number of nitrogen functional groups attached to an aromatic ring is 1. The molecular formula is C32H40Cl2N6O5. The normalized spacial score (nSPS) is 9.78. The number of carbonyl (C=O) groups is 1. The maximum Gasteiger partial charge on any atom is 0.153 e. The summed E-state index contributed by atoms with van der Waals surface area (Å²) in [5.41, 5.74) is 10.4. The summed E-state index contributed by atoms with van der Waals surface area (Å²) < 4.78 is 20.5. The number of methoxy groups -OCH3 is 4. The van der Waals surface area contributed by atoms with Gasteiger partial charge in [0.2, 0.25) is 0 Å². The van der Waals surface area contributed by atoms with E-state index in [9.17, 15) is 4.79 Å². The van der Waals surface area contributed by atoms with Crippen molar-refractivity contribution >= 4 is 52.2 Å². The molecule has 2 aromatic heterocycles. The van der Waals surface area contributed by atoms with Crippen molar-refractivity contribution < 1.29 is 23.7 Å². The van der Waals surface area contributed by atoms with Crippen molar-refractivity contribution in [2.45, 2.75) is 20.4 Å². The van der Waals surface area contributed by atoms with E-state index in [1.54, 1.807) is 58.9 Å². The fourth-order valence-electron chi connectivity index (χ4n) is 3.77. The Labute approximate surface area is 274 Å². The van der Waals surface area contributed by atoms with E-state index in [0.717, 1.165) is 53.5 Å². The molecular weight excluding hydrogens is 619 g/mol. The van der Waals surface area contributed by atoms with Crippen LogP contribution in [0.3, 0.4) is 0 Å². The van der Waals surface area contributed by atoms with Gasteiger partial charge in [0.1, 0.15) is 33.3 Å². The van der Waals surface area contributed by atoms with Gasteiger partial charge < -0.3 is 40.6 Å². The number of carbonyl (C=O) groups excluding carboxylic acids is 1. The lowest BCUT2D eigenvalue weighted by Crippen LogP contribution is -2.06. The molecule has 0 aliphatic carbocycles. The van der Waals surface area contributed by atoms with Crippen LogP contribution in [0.25, 0.3) is 0 Å². The molecule has 242 valence electrons. The van der Waals surface area contributed by atoms with E-state index >= 15 is 0 Å². The fraction of sp³-hybridized carbons (Fsp3) is 0.281. The molecule has 0 aliphatic rings. The van der Waals surface area contributed by atoms with Gasteiger partial charge in [0, 0.05) is 96.7 Å². The third kappa shape index (κ3) is 12.5. The number of aromatic nitrogens is 2. The molecule has 0 aliphatic heterocycles. The Hall–Kier alpha value is -4.61. The summed E-state index contributed by atoms with van der Waals surface area (Å²) in [6.07, 6.45) is 3.97. The molecule has 0 atom stereocenters. The van der Waals surface area contributed by atoms with Crippen LogP contribution >= 0.6 is 23.2 Å². The molecule has 0 saturated heterocycles. The third-order valence-electron chi connectivity index (χ3n) is 5.92. The first kappa shape index (κ1) is 36.6. The highest BCUT2D eigenvalue weighted by Gasteiger charge is 2.06. The van der Waals surface area contributed by atoms with Crippen molar-refractivity contribution in [2.75, 3.05) is 63.2 Å². The Balaban J connectivity index is 0.000000259. The van der Waals surface area contributed by atoms with Gasteiger partial charge in [0.25, 0.3) is 0 Å². The standard InChI is InChI=1S/C16H20ClN3O2.C8H9ClN2O.C8H11NO2/c1-4-18-15-8-16(17)20-10-11(15)9-19-12-5-13(21-2)7-14(6-12)22-3;1-2-10-7-3-8(9)11-4-6(7)5-12;1-10-7-3-6(9)4-8(5-7)11-2/h5-8,10,19H,4,9H2,1-3H3,(H,18,20);3-5H,2H2,1H3,(H,10,11);3-5H,9H2,1-2H3. The van der Waals surface area contributed by atoms with Gasteiger partial charge in [-0.05, 0) is 26.0 Å². The summed E-state index contributed by atoms with van der Waals surface area (Å²) in [4.78, 5) is 18.4. The topological polar surface area (TPSA) is 142 Å². The predicted octanol–water partition coefficient (Wildman–Crippen LogP) is 7.06. The maximum atomic E-state index is 10.5. The van der Waals surface area contributed by atoms with Gasteiger partial charge >= 0.3 is 0 Å². The van der Waals surface area contributed by atoms with Gasteiger partial charge in [0.05, 0.1) is 34.0 Å². The van der Waals surface area contributed by atoms with Crippen molar-refractivity contribution in [1.29, 1.82) is 0 Å². The first-order chi connectivity index (χ1) is 21.7. The predicted molar refractivity (Wildman–Crippen MR) is 183 cm³/mol. The minimum Gasteiger partial charge on any atom is -0.497 e. The summed E-state index contributed by atoms with van der Waals surface area (Å²) in [5, 5.41) is 10.5. The van der Waals surface area contributed by atoms with Crippen LogP contribution < -0.4 is 40.6 Å². The number of hydrogen-bond donors (Lipinski definition) is 4. The van der Waals surface area contributed by atoms with Crippen LogP contribution in [-0.4, -0.2) is 57.8 Å². The van der Waals surface area contributed by atoms with E-state index in [1.165, 1.54) is 6.20 Å². The first-order valence-corrected chi connectivity index (χ1v) is 14.6. The number of benzene rings is 2. The quantitative estimate of drug-likeness (QED) is 0.0705. The summed E-state index contributed by atoms with van der Waals surface area (Å²) in [6, 6.07) is 14.4. The monoisotopic (exact) mass is 658 g/mol. The average molecular weight is 660 g/mol. The second-order valence-electron chi connectivity index (χ2n) is 9.04. The molecule has 0 saturated carbocycles. The third-order valence-corrected chi connectivity index (χ3v) is 6.34. The number of nitrogens with zero attached hydrogens (tertiary/aromatic N) is 2. The first-order valence-electron chi connectivity index (χ1n) is 13.9. The van der Waals surface area contributed by atoms with Gasteiger partial charge in [0.15, 0.2) is 6.29 Å². The van der Waals surface area contributed by atoms with E-state index in [1.807, 2.05) is 38.1 Å². The van der Waals surface area contributed by atoms with Crippen LogP contribution in [0.15, 0.2) is 60.9 Å². The fourth-order valence-corrected chi connectivity index (χ4v) is 4.08. The highest BCUT2D eigenvalue weighted by atomic mass is 35.5. The molecule has 0 bridgehead atoms. The lowest BCUT2D eigenvalue weighted by molar-refractivity contribution is 0.112. The number of nitrogens with two attached hydrogens (primary N) is 1. The van der Waals surface area contributed by atoms with Crippen LogP contribution in [0, 0.1) is 0 Å². The number of ether oxygens (including phenoxy) is 4. The molecule has 0 unspecified atom stereocenters. The second-order valence-corrected chi connectivity index (χ2v) is 9.81. The Morgan fingerprint density at radius 1 is 0.689 bits per heavy atom. The molecule has 0 radical (unpaired) electrons. The van der Waals surface area contributed by atoms with Crippen molar-refractivity contribution in [3.8, 4) is 23.0 Å². The van der Waals surface area contributed by atoms with Crippen LogP contribution in [0.5, 0.6) is 23.0 Å². The summed E-state index contributed by atoms with van der Waals surface area (Å²) in [6.45, 7) is 6.17. The molecule has 0 amide bonds. The van der Waals surface area contributed by atoms with Crippen molar-refractivity contribution in [2.24, 2.45) is 0 Å². The molecule has 4 rings (SSSR count). The van der Waals surface area contributed by atoms with Crippen molar-refractivity contribution in [3.63, 3.8) is 0 Å². The minimum absolute atomic E-state index is 0.386. The van der Waals surface area contributed by atoms with Crippen LogP contribution in [0.1, 0.15) is 29.8 Å². The van der Waals surface area contributed by atoms with E-state index in [4.69, 9.17) is 47.9 Å². The lowest BCUT2D eigenvalue weighted by Gasteiger charge is -2.14. The van der Waals surface area contributed by atoms with Crippen LogP contribution in [0.4, 0.5) is 22.7 Å². The van der Waals surface area contributed by atoms with E-state index in [2.05, 4.69) is 25.9 Å². The Kier molecular flexibility index (Phi) is 16.0. The number of aldehydes is 1. The van der Waals surface area contributed by atoms with Gasteiger partial charge in [-0.25, -0.2) is 9.97 Å². The van der Waals surface area contributed by atoms with Gasteiger partial charge in [-0.3, -0.25) is 4.79 Å². The summed E-state index contributed by atoms with van der Waals surface area (Å²) in [7, 11) is 6.44. The molecule has 5 N–H and O–H groups in total. The second kappa shape index (κ2) is 19.6. The number of rotatable bonds is 12. The Morgan fingerprint density at radius 3 is 1.64 bits per heavy atom. The molecule has 13 heteroatoms. The maximum absolute atomic E-state index is 10.5. The van der Waals surface area contributed by atoms with E-state index < -0.39 is 0 Å². The number of anilines is 4. The smallest absolute Gasteiger partial charge is 0.153 e. The highest BCUT2D eigenvalue weighted by Crippen LogP contribution is 2.27. The van der Waals surface area contributed by atoms with Gasteiger partial charge in [-0.1, -0.05) is 23.2 Å². The average Bonchev–Trinajstić information content (AvgIpc) is 3.05. The Bertz CT molecular complexity index is 1460. The lowest BCUT2D eigenvalue weighted by atomic mass is 10.2. The van der Waals surface area contributed by atoms with Crippen LogP contribution in [0.2, 0.25) is 10.3 Å². The zero-order chi connectivity index (χ0) is 33.2. The van der Waals surface area contributed by atoms with Crippen molar-refractivity contribution in [1.82, 2.24) is 9.97 Å². The molecule has 45 heavy (non-hydrogen) atoms. The highest BCUT2D eigenvalue weighted by molar-refractivity contribution is 6.30. The van der Waals surface area contributed by atoms with E-state index in [-0.39, 0.29) is 0 Å². The largest absolute Gasteiger partial charge is 0.497 e. The number of nitrogens with one attached hydrogen (secondary N) is 3. The zero-order valence-electron chi connectivity index (χ0n) is 26.2. The summed E-state index contributed by atoms with van der Waals surface area (Å²) in [5.74, 6) is 2.90. The molecule has 11 nitrogen and oxygen atoms in total. The molecule has 0 spiro atoms. The number of halogens is 2. The number of hydrogen-bond acceptors (Lipinski definition) is 11. The van der Waals surface area contributed by atoms with E-state index in [0.29, 0.717) is 39.6 Å². The SMILES string of the molecule is CCNc1cc(Cl)ncc1C=O.CCNc1cc(Cl)ncc1CNc1cc(OC)cc(OC)c1.COc1cc(N)cc(OC)c1. The molecule has 2 heterocycles. The molecule has 2 aromatic carbocycles. The van der Waals surface area contributed by atoms with Crippen molar-refractivity contribution in [3.05, 3.63) is 82.4 Å². The number of pyridine rings is 2. The minimum atomic E-state index is 0.386. The Morgan fingerprint density at radius 2 is 1.16 bits per heavy atom. The zero-order valence-corrected chi connectivity index (χ0v) is 27.8. The van der Waals surface area contributed by atoms with Gasteiger partial charge in [-0.2, -0.15) is 0 Å². The summed E-state index contributed by atoms with van der Waals surface area (Å²) >= 11 is 11.6. The molecule has 4 aromatic rings. The van der Waals surface area contributed by atoms with Crippen LogP contribution in [-0.2, 0) is 6.54 Å². The van der Waals surface area contributed by atoms with Gasteiger partial charge in [-0.15, -0.1) is 0 Å². The molecule has 0 fully saturated rings.